The summed E-state index contributed by atoms with van der Waals surface area (Å²) in [6.07, 6.45) is 2.00. The molecule has 0 radical (unpaired) electrons. The number of aryl methyl sites for hydroxylation is 1. The third kappa shape index (κ3) is 3.33. The van der Waals surface area contributed by atoms with Gasteiger partial charge in [-0.2, -0.15) is 5.26 Å². The lowest BCUT2D eigenvalue weighted by Gasteiger charge is -2.36. The molecule has 1 aromatic carbocycles. The van der Waals surface area contributed by atoms with Crippen LogP contribution in [0.3, 0.4) is 0 Å². The summed E-state index contributed by atoms with van der Waals surface area (Å²) in [5.41, 5.74) is 4.48. The maximum absolute atomic E-state index is 11.6. The standard InChI is InChI=1S/C21H26N2O4/c1-4-7-21(10-17(24)25)20-16(6-8-27-21)18-14(11-22)9-15(12-26-5-2)13(3)19(18)23-20/h9,23H,4-8,10,12H2,1-3H3,(H,24,25). The van der Waals surface area contributed by atoms with E-state index in [-0.39, 0.29) is 6.42 Å². The lowest BCUT2D eigenvalue weighted by atomic mass is 9.84. The predicted molar refractivity (Wildman–Crippen MR) is 102 cm³/mol. The van der Waals surface area contributed by atoms with Gasteiger partial charge < -0.3 is 19.6 Å². The minimum atomic E-state index is -0.885. The van der Waals surface area contributed by atoms with Crippen LogP contribution in [-0.4, -0.2) is 29.3 Å². The van der Waals surface area contributed by atoms with Crippen LogP contribution in [0.25, 0.3) is 10.9 Å². The van der Waals surface area contributed by atoms with Crippen molar-refractivity contribution >= 4 is 16.9 Å². The molecule has 2 N–H and O–H groups in total. The fraction of sp³-hybridized carbons (Fsp3) is 0.524. The minimum Gasteiger partial charge on any atom is -0.481 e. The van der Waals surface area contributed by atoms with Gasteiger partial charge in [0.05, 0.1) is 42.5 Å². The Labute approximate surface area is 159 Å². The van der Waals surface area contributed by atoms with Gasteiger partial charge in [-0.25, -0.2) is 0 Å². The fourth-order valence-corrected chi connectivity index (χ4v) is 4.22. The molecule has 2 heterocycles. The Kier molecular flexibility index (Phi) is 5.54. The molecule has 0 amide bonds. The Hall–Kier alpha value is -2.36. The smallest absolute Gasteiger partial charge is 0.306 e. The van der Waals surface area contributed by atoms with E-state index in [0.29, 0.717) is 38.2 Å². The third-order valence-electron chi connectivity index (χ3n) is 5.41. The van der Waals surface area contributed by atoms with Crippen molar-refractivity contribution in [3.05, 3.63) is 34.0 Å². The van der Waals surface area contributed by atoms with Gasteiger partial charge in [0.2, 0.25) is 0 Å². The number of hydrogen-bond donors (Lipinski definition) is 2. The molecular weight excluding hydrogens is 344 g/mol. The fourth-order valence-electron chi connectivity index (χ4n) is 4.22. The molecule has 3 rings (SSSR count). The number of fused-ring (bicyclic) bond motifs is 3. The first kappa shape index (κ1) is 19.4. The monoisotopic (exact) mass is 370 g/mol. The van der Waals surface area contributed by atoms with E-state index in [2.05, 4.69) is 11.1 Å². The zero-order valence-corrected chi connectivity index (χ0v) is 16.1. The van der Waals surface area contributed by atoms with Gasteiger partial charge in [0.25, 0.3) is 0 Å². The van der Waals surface area contributed by atoms with Crippen molar-refractivity contribution in [1.29, 1.82) is 5.26 Å². The number of nitrogens with one attached hydrogen (secondary N) is 1. The van der Waals surface area contributed by atoms with Crippen LogP contribution in [0.2, 0.25) is 0 Å². The largest absolute Gasteiger partial charge is 0.481 e. The number of rotatable bonds is 7. The number of aliphatic carboxylic acids is 1. The maximum atomic E-state index is 11.6. The molecule has 1 aliphatic heterocycles. The van der Waals surface area contributed by atoms with Crippen LogP contribution in [0.5, 0.6) is 0 Å². The highest BCUT2D eigenvalue weighted by atomic mass is 16.5. The van der Waals surface area contributed by atoms with Crippen molar-refractivity contribution in [2.75, 3.05) is 13.2 Å². The highest BCUT2D eigenvalue weighted by Gasteiger charge is 2.42. The summed E-state index contributed by atoms with van der Waals surface area (Å²) < 4.78 is 11.6. The number of hydrogen-bond acceptors (Lipinski definition) is 4. The molecular formula is C21H26N2O4. The lowest BCUT2D eigenvalue weighted by molar-refractivity contribution is -0.149. The quantitative estimate of drug-likeness (QED) is 0.770. The molecule has 0 bridgehead atoms. The van der Waals surface area contributed by atoms with Crippen LogP contribution in [0, 0.1) is 18.3 Å². The average Bonchev–Trinajstić information content (AvgIpc) is 3.03. The first-order chi connectivity index (χ1) is 13.0. The van der Waals surface area contributed by atoms with Gasteiger partial charge in [0, 0.05) is 12.0 Å². The Morgan fingerprint density at radius 1 is 1.48 bits per heavy atom. The number of carboxylic acids is 1. The van der Waals surface area contributed by atoms with Crippen LogP contribution >= 0.6 is 0 Å². The average molecular weight is 370 g/mol. The van der Waals surface area contributed by atoms with Crippen molar-refractivity contribution in [2.24, 2.45) is 0 Å². The molecule has 0 saturated heterocycles. The third-order valence-corrected chi connectivity index (χ3v) is 5.41. The normalized spacial score (nSPS) is 19.0. The molecule has 0 spiro atoms. The van der Waals surface area contributed by atoms with E-state index >= 15 is 0 Å². The number of carbonyl (C=O) groups is 1. The Bertz CT molecular complexity index is 909. The number of carboxylic acid groups (broad SMARTS) is 1. The van der Waals surface area contributed by atoms with Crippen LogP contribution in [-0.2, 0) is 32.9 Å². The minimum absolute atomic E-state index is 0.0899. The molecule has 1 atom stereocenters. The van der Waals surface area contributed by atoms with E-state index in [1.54, 1.807) is 0 Å². The molecule has 0 fully saturated rings. The molecule has 1 unspecified atom stereocenters. The van der Waals surface area contributed by atoms with Crippen molar-refractivity contribution in [3.8, 4) is 6.07 Å². The second-order valence-electron chi connectivity index (χ2n) is 7.10. The van der Waals surface area contributed by atoms with Crippen LogP contribution in [0.4, 0.5) is 0 Å². The Balaban J connectivity index is 2.26. The number of nitriles is 1. The van der Waals surface area contributed by atoms with Crippen LogP contribution < -0.4 is 0 Å². The Morgan fingerprint density at radius 3 is 2.89 bits per heavy atom. The summed E-state index contributed by atoms with van der Waals surface area (Å²) >= 11 is 0. The molecule has 27 heavy (non-hydrogen) atoms. The molecule has 144 valence electrons. The molecule has 0 saturated carbocycles. The maximum Gasteiger partial charge on any atom is 0.306 e. The van der Waals surface area contributed by atoms with E-state index in [9.17, 15) is 15.2 Å². The van der Waals surface area contributed by atoms with E-state index < -0.39 is 11.6 Å². The number of ether oxygens (including phenoxy) is 2. The van der Waals surface area contributed by atoms with Gasteiger partial charge in [-0.15, -0.1) is 0 Å². The number of aromatic amines is 1. The van der Waals surface area contributed by atoms with Gasteiger partial charge in [-0.05, 0) is 49.4 Å². The first-order valence-electron chi connectivity index (χ1n) is 9.48. The number of benzene rings is 1. The summed E-state index contributed by atoms with van der Waals surface area (Å²) in [4.78, 5) is 15.0. The zero-order valence-electron chi connectivity index (χ0n) is 16.1. The summed E-state index contributed by atoms with van der Waals surface area (Å²) in [5, 5.41) is 20.1. The second kappa shape index (κ2) is 7.71. The van der Waals surface area contributed by atoms with E-state index in [0.717, 1.165) is 39.7 Å². The predicted octanol–water partition coefficient (Wildman–Crippen LogP) is 3.93. The molecule has 1 aromatic heterocycles. The topological polar surface area (TPSA) is 95.3 Å². The van der Waals surface area contributed by atoms with Gasteiger partial charge in [0.15, 0.2) is 0 Å². The lowest BCUT2D eigenvalue weighted by Crippen LogP contribution is -2.37. The molecule has 6 heteroatoms. The summed E-state index contributed by atoms with van der Waals surface area (Å²) in [7, 11) is 0. The molecule has 6 nitrogen and oxygen atoms in total. The number of aromatic nitrogens is 1. The molecule has 1 aliphatic rings. The summed E-state index contributed by atoms with van der Waals surface area (Å²) in [6, 6.07) is 4.22. The van der Waals surface area contributed by atoms with Gasteiger partial charge in [-0.1, -0.05) is 13.3 Å². The second-order valence-corrected chi connectivity index (χ2v) is 7.10. The SMILES string of the molecule is CCCC1(CC(=O)O)OCCc2c1[nH]c1c(C)c(COCC)cc(C#N)c21. The highest BCUT2D eigenvalue weighted by Crippen LogP contribution is 2.44. The van der Waals surface area contributed by atoms with E-state index in [1.807, 2.05) is 26.8 Å². The van der Waals surface area contributed by atoms with Gasteiger partial charge in [-0.3, -0.25) is 4.79 Å². The zero-order chi connectivity index (χ0) is 19.6. The van der Waals surface area contributed by atoms with Gasteiger partial charge >= 0.3 is 5.97 Å². The van der Waals surface area contributed by atoms with E-state index in [4.69, 9.17) is 9.47 Å². The summed E-state index contributed by atoms with van der Waals surface area (Å²) in [5.74, 6) is -0.885. The van der Waals surface area contributed by atoms with Crippen molar-refractivity contribution in [2.45, 2.75) is 58.7 Å². The van der Waals surface area contributed by atoms with Gasteiger partial charge in [0.1, 0.15) is 5.60 Å². The van der Waals surface area contributed by atoms with Crippen molar-refractivity contribution < 1.29 is 19.4 Å². The number of H-pyrrole nitrogens is 1. The van der Waals surface area contributed by atoms with Crippen molar-refractivity contribution in [1.82, 2.24) is 4.98 Å². The molecule has 2 aromatic rings. The number of nitrogens with zero attached hydrogens (tertiary/aromatic N) is 1. The van der Waals surface area contributed by atoms with Crippen LogP contribution in [0.15, 0.2) is 6.07 Å². The van der Waals surface area contributed by atoms with E-state index in [1.165, 1.54) is 0 Å². The Morgan fingerprint density at radius 2 is 2.26 bits per heavy atom. The molecule has 0 aliphatic carbocycles. The van der Waals surface area contributed by atoms with Crippen LogP contribution in [0.1, 0.15) is 61.1 Å². The summed E-state index contributed by atoms with van der Waals surface area (Å²) in [6.45, 7) is 7.48. The first-order valence-corrected chi connectivity index (χ1v) is 9.48. The highest BCUT2D eigenvalue weighted by molar-refractivity contribution is 5.94. The van der Waals surface area contributed by atoms with Crippen molar-refractivity contribution in [3.63, 3.8) is 0 Å².